The number of benzene rings is 2. The number of ether oxygens (including phenoxy) is 1. The molecule has 1 aliphatic rings. The highest BCUT2D eigenvalue weighted by Crippen LogP contribution is 2.27. The van der Waals surface area contributed by atoms with Gasteiger partial charge in [-0.15, -0.1) is 24.0 Å². The van der Waals surface area contributed by atoms with E-state index >= 15 is 0 Å². The highest BCUT2D eigenvalue weighted by Gasteiger charge is 2.25. The van der Waals surface area contributed by atoms with Gasteiger partial charge in [-0.05, 0) is 48.2 Å². The lowest BCUT2D eigenvalue weighted by Crippen LogP contribution is -2.38. The molecule has 6 nitrogen and oxygen atoms in total. The van der Waals surface area contributed by atoms with E-state index < -0.39 is 0 Å². The summed E-state index contributed by atoms with van der Waals surface area (Å²) in [5.41, 5.74) is 3.12. The van der Waals surface area contributed by atoms with Gasteiger partial charge in [-0.25, -0.2) is 0 Å². The predicted molar refractivity (Wildman–Crippen MR) is 132 cm³/mol. The second-order valence-electron chi connectivity index (χ2n) is 7.42. The molecule has 30 heavy (non-hydrogen) atoms. The Hall–Kier alpha value is -2.29. The smallest absolute Gasteiger partial charge is 0.227 e. The molecule has 0 spiro atoms. The number of hydrogen-bond acceptors (Lipinski definition) is 3. The van der Waals surface area contributed by atoms with Crippen molar-refractivity contribution in [2.75, 3.05) is 26.5 Å². The van der Waals surface area contributed by atoms with E-state index in [-0.39, 0.29) is 35.8 Å². The number of methoxy groups -OCH3 is 1. The number of halogens is 1. The number of anilines is 1. The van der Waals surface area contributed by atoms with Crippen LogP contribution >= 0.6 is 24.0 Å². The molecule has 0 heterocycles. The average Bonchev–Trinajstić information content (AvgIpc) is 2.68. The summed E-state index contributed by atoms with van der Waals surface area (Å²) in [6, 6.07) is 16.0. The van der Waals surface area contributed by atoms with Gasteiger partial charge in [0.2, 0.25) is 5.91 Å². The normalized spacial score (nSPS) is 13.6. The maximum Gasteiger partial charge on any atom is 0.227 e. The third-order valence-electron chi connectivity index (χ3n) is 5.27. The lowest BCUT2D eigenvalue weighted by Gasteiger charge is -2.24. The largest absolute Gasteiger partial charge is 0.497 e. The van der Waals surface area contributed by atoms with E-state index in [1.165, 1.54) is 5.56 Å². The predicted octanol–water partition coefficient (Wildman–Crippen LogP) is 4.26. The molecule has 0 aromatic heterocycles. The Labute approximate surface area is 196 Å². The third kappa shape index (κ3) is 6.62. The van der Waals surface area contributed by atoms with Gasteiger partial charge >= 0.3 is 0 Å². The molecular weight excluding hydrogens is 491 g/mol. The van der Waals surface area contributed by atoms with Gasteiger partial charge in [0, 0.05) is 38.8 Å². The molecule has 1 saturated carbocycles. The molecule has 2 aromatic rings. The van der Waals surface area contributed by atoms with Crippen molar-refractivity contribution in [3.63, 3.8) is 0 Å². The van der Waals surface area contributed by atoms with Gasteiger partial charge in [-0.1, -0.05) is 30.7 Å². The Morgan fingerprint density at radius 1 is 1.17 bits per heavy atom. The molecule has 0 atom stereocenters. The van der Waals surface area contributed by atoms with Crippen LogP contribution < -0.4 is 15.4 Å². The Kier molecular flexibility index (Phi) is 9.42. The van der Waals surface area contributed by atoms with E-state index in [0.717, 1.165) is 48.8 Å². The topological polar surface area (TPSA) is 66.0 Å². The number of hydrogen-bond donors (Lipinski definition) is 2. The summed E-state index contributed by atoms with van der Waals surface area (Å²) < 4.78 is 5.21. The molecule has 7 heteroatoms. The summed E-state index contributed by atoms with van der Waals surface area (Å²) in [7, 11) is 5.46. The van der Waals surface area contributed by atoms with E-state index in [1.807, 2.05) is 43.4 Å². The first-order valence-corrected chi connectivity index (χ1v) is 10.0. The van der Waals surface area contributed by atoms with Crippen LogP contribution in [0.2, 0.25) is 0 Å². The van der Waals surface area contributed by atoms with Crippen molar-refractivity contribution in [3.05, 3.63) is 59.7 Å². The number of guanidine groups is 1. The molecule has 2 N–H and O–H groups in total. The first-order valence-electron chi connectivity index (χ1n) is 10.0. The van der Waals surface area contributed by atoms with Gasteiger partial charge < -0.3 is 20.3 Å². The zero-order valence-electron chi connectivity index (χ0n) is 17.9. The number of amides is 1. The molecule has 162 valence electrons. The lowest BCUT2D eigenvalue weighted by atomic mass is 9.85. The standard InChI is InChI=1S/C23H30N4O2.HI/c1-24-23(27(2)16-17-10-12-21(29-3)13-11-17)25-15-18-6-4-9-20(14-18)26-22(28)19-7-5-8-19;/h4,6,9-14,19H,5,7-8,15-16H2,1-3H3,(H,24,25)(H,26,28);1H. The molecule has 2 aromatic carbocycles. The Morgan fingerprint density at radius 3 is 2.50 bits per heavy atom. The fraction of sp³-hybridized carbons (Fsp3) is 0.391. The molecule has 3 rings (SSSR count). The number of carbonyl (C=O) groups excluding carboxylic acids is 1. The first kappa shape index (κ1) is 24.0. The second kappa shape index (κ2) is 11.8. The van der Waals surface area contributed by atoms with Crippen LogP contribution in [0, 0.1) is 5.92 Å². The lowest BCUT2D eigenvalue weighted by molar-refractivity contribution is -0.122. The number of aliphatic imine (C=N–C) groups is 1. The summed E-state index contributed by atoms with van der Waals surface area (Å²) in [4.78, 5) is 18.6. The van der Waals surface area contributed by atoms with Crippen LogP contribution in [0.1, 0.15) is 30.4 Å². The Morgan fingerprint density at radius 2 is 1.90 bits per heavy atom. The van der Waals surface area contributed by atoms with Gasteiger partial charge in [-0.2, -0.15) is 0 Å². The first-order chi connectivity index (χ1) is 14.1. The van der Waals surface area contributed by atoms with Crippen LogP contribution in [0.25, 0.3) is 0 Å². The van der Waals surface area contributed by atoms with Crippen molar-refractivity contribution >= 4 is 41.5 Å². The quantitative estimate of drug-likeness (QED) is 0.324. The number of nitrogens with one attached hydrogen (secondary N) is 2. The molecule has 1 aliphatic carbocycles. The third-order valence-corrected chi connectivity index (χ3v) is 5.27. The van der Waals surface area contributed by atoms with E-state index in [2.05, 4.69) is 32.7 Å². The van der Waals surface area contributed by atoms with Gasteiger partial charge in [0.1, 0.15) is 5.75 Å². The van der Waals surface area contributed by atoms with Crippen LogP contribution in [-0.2, 0) is 17.9 Å². The van der Waals surface area contributed by atoms with Crippen molar-refractivity contribution < 1.29 is 9.53 Å². The molecule has 0 saturated heterocycles. The maximum atomic E-state index is 12.2. The summed E-state index contributed by atoms with van der Waals surface area (Å²) in [5, 5.41) is 6.43. The van der Waals surface area contributed by atoms with Crippen molar-refractivity contribution in [2.45, 2.75) is 32.4 Å². The van der Waals surface area contributed by atoms with E-state index in [1.54, 1.807) is 14.2 Å². The number of nitrogens with zero attached hydrogens (tertiary/aromatic N) is 2. The monoisotopic (exact) mass is 522 g/mol. The van der Waals surface area contributed by atoms with Gasteiger partial charge in [0.05, 0.1) is 7.11 Å². The van der Waals surface area contributed by atoms with Crippen molar-refractivity contribution in [2.24, 2.45) is 10.9 Å². The maximum absolute atomic E-state index is 12.2. The zero-order valence-corrected chi connectivity index (χ0v) is 20.2. The van der Waals surface area contributed by atoms with E-state index in [9.17, 15) is 4.79 Å². The molecule has 0 unspecified atom stereocenters. The van der Waals surface area contributed by atoms with Gasteiger partial charge in [0.25, 0.3) is 0 Å². The molecule has 0 aliphatic heterocycles. The second-order valence-corrected chi connectivity index (χ2v) is 7.42. The molecule has 0 bridgehead atoms. The van der Waals surface area contributed by atoms with Crippen LogP contribution in [0.15, 0.2) is 53.5 Å². The molecule has 0 radical (unpaired) electrons. The van der Waals surface area contributed by atoms with Crippen molar-refractivity contribution in [3.8, 4) is 5.75 Å². The highest BCUT2D eigenvalue weighted by atomic mass is 127. The number of rotatable bonds is 7. The van der Waals surface area contributed by atoms with E-state index in [0.29, 0.717) is 6.54 Å². The van der Waals surface area contributed by atoms with Crippen LogP contribution in [0.3, 0.4) is 0 Å². The number of carbonyl (C=O) groups is 1. The SMILES string of the molecule is CN=C(NCc1cccc(NC(=O)C2CCC2)c1)N(C)Cc1ccc(OC)cc1.I. The fourth-order valence-corrected chi connectivity index (χ4v) is 3.32. The Balaban J connectivity index is 0.00000320. The van der Waals surface area contributed by atoms with Crippen LogP contribution in [0.4, 0.5) is 5.69 Å². The van der Waals surface area contributed by atoms with Crippen LogP contribution in [-0.4, -0.2) is 38.0 Å². The summed E-state index contributed by atoms with van der Waals surface area (Å²) in [6.07, 6.45) is 3.17. The van der Waals surface area contributed by atoms with Gasteiger partial charge in [0.15, 0.2) is 5.96 Å². The van der Waals surface area contributed by atoms with Crippen molar-refractivity contribution in [1.29, 1.82) is 0 Å². The highest BCUT2D eigenvalue weighted by molar-refractivity contribution is 14.0. The Bertz CT molecular complexity index is 851. The minimum Gasteiger partial charge on any atom is -0.497 e. The fourth-order valence-electron chi connectivity index (χ4n) is 3.32. The van der Waals surface area contributed by atoms with Gasteiger partial charge in [-0.3, -0.25) is 9.79 Å². The molecule has 1 amide bonds. The zero-order chi connectivity index (χ0) is 20.6. The summed E-state index contributed by atoms with van der Waals surface area (Å²) >= 11 is 0. The minimum absolute atomic E-state index is 0. The summed E-state index contributed by atoms with van der Waals surface area (Å²) in [5.74, 6) is 1.98. The average molecular weight is 522 g/mol. The van der Waals surface area contributed by atoms with Crippen molar-refractivity contribution in [1.82, 2.24) is 10.2 Å². The summed E-state index contributed by atoms with van der Waals surface area (Å²) in [6.45, 7) is 1.37. The minimum atomic E-state index is 0. The molecule has 1 fully saturated rings. The molecular formula is C23H31IN4O2. The van der Waals surface area contributed by atoms with Crippen LogP contribution in [0.5, 0.6) is 5.75 Å². The van der Waals surface area contributed by atoms with E-state index in [4.69, 9.17) is 4.74 Å².